The van der Waals surface area contributed by atoms with Gasteiger partial charge in [-0.2, -0.15) is 0 Å². The van der Waals surface area contributed by atoms with Gasteiger partial charge in [-0.3, -0.25) is 14.6 Å². The zero-order valence-electron chi connectivity index (χ0n) is 17.7. The first-order valence-electron chi connectivity index (χ1n) is 10.4. The van der Waals surface area contributed by atoms with E-state index < -0.39 is 11.6 Å². The number of amides is 1. The van der Waals surface area contributed by atoms with Gasteiger partial charge >= 0.3 is 0 Å². The minimum absolute atomic E-state index is 0.0906. The molecule has 2 heterocycles. The van der Waals surface area contributed by atoms with Gasteiger partial charge in [0, 0.05) is 37.8 Å². The van der Waals surface area contributed by atoms with Gasteiger partial charge in [0.1, 0.15) is 11.3 Å². The largest absolute Gasteiger partial charge is 0.379 e. The van der Waals surface area contributed by atoms with Gasteiger partial charge < -0.3 is 4.74 Å². The lowest BCUT2D eigenvalue weighted by Crippen LogP contribution is -2.39. The van der Waals surface area contributed by atoms with Crippen LogP contribution in [0.2, 0.25) is 0 Å². The van der Waals surface area contributed by atoms with Crippen LogP contribution in [0.25, 0.3) is 10.2 Å². The summed E-state index contributed by atoms with van der Waals surface area (Å²) in [5.41, 5.74) is 2.64. The van der Waals surface area contributed by atoms with E-state index in [1.165, 1.54) is 6.07 Å². The highest BCUT2D eigenvalue weighted by atomic mass is 32.1. The lowest BCUT2D eigenvalue weighted by Gasteiger charge is -2.27. The van der Waals surface area contributed by atoms with Gasteiger partial charge in [0.05, 0.1) is 17.9 Å². The Hall–Kier alpha value is -2.42. The molecular weight excluding hydrogens is 420 g/mol. The SMILES string of the molecule is Cc1cc(C)cc(C(=O)N(CCCN2CCOCC2)c2nc3c(F)cc(F)cc3s2)c1. The first-order valence-corrected chi connectivity index (χ1v) is 11.2. The molecule has 0 radical (unpaired) electrons. The summed E-state index contributed by atoms with van der Waals surface area (Å²) in [4.78, 5) is 21.7. The molecule has 8 heteroatoms. The van der Waals surface area contributed by atoms with E-state index in [2.05, 4.69) is 9.88 Å². The summed E-state index contributed by atoms with van der Waals surface area (Å²) in [6.45, 7) is 8.33. The van der Waals surface area contributed by atoms with Gasteiger partial charge in [0.15, 0.2) is 10.9 Å². The fourth-order valence-electron chi connectivity index (χ4n) is 3.88. The summed E-state index contributed by atoms with van der Waals surface area (Å²) in [5.74, 6) is -1.56. The molecule has 3 aromatic rings. The second kappa shape index (κ2) is 9.38. The summed E-state index contributed by atoms with van der Waals surface area (Å²) in [7, 11) is 0. The lowest BCUT2D eigenvalue weighted by atomic mass is 10.1. The number of carbonyl (C=O) groups is 1. The molecule has 1 aliphatic heterocycles. The van der Waals surface area contributed by atoms with Crippen molar-refractivity contribution in [1.82, 2.24) is 9.88 Å². The number of halogens is 2. The van der Waals surface area contributed by atoms with E-state index in [-0.39, 0.29) is 11.4 Å². The van der Waals surface area contributed by atoms with E-state index in [0.29, 0.717) is 35.2 Å². The number of aryl methyl sites for hydroxylation is 2. The molecule has 0 saturated carbocycles. The third-order valence-corrected chi connectivity index (χ3v) is 6.33. The van der Waals surface area contributed by atoms with E-state index in [1.807, 2.05) is 32.0 Å². The van der Waals surface area contributed by atoms with Gasteiger partial charge in [-0.25, -0.2) is 13.8 Å². The third-order valence-electron chi connectivity index (χ3n) is 5.31. The smallest absolute Gasteiger partial charge is 0.260 e. The number of hydrogen-bond donors (Lipinski definition) is 0. The molecule has 164 valence electrons. The minimum atomic E-state index is -0.718. The number of fused-ring (bicyclic) bond motifs is 1. The summed E-state index contributed by atoms with van der Waals surface area (Å²) >= 11 is 1.13. The zero-order valence-corrected chi connectivity index (χ0v) is 18.5. The van der Waals surface area contributed by atoms with Crippen LogP contribution in [0, 0.1) is 25.5 Å². The highest BCUT2D eigenvalue weighted by Crippen LogP contribution is 2.32. The van der Waals surface area contributed by atoms with Crippen molar-refractivity contribution in [2.45, 2.75) is 20.3 Å². The number of morpholine rings is 1. The maximum absolute atomic E-state index is 14.2. The number of ether oxygens (including phenoxy) is 1. The van der Waals surface area contributed by atoms with E-state index in [9.17, 15) is 13.6 Å². The topological polar surface area (TPSA) is 45.7 Å². The van der Waals surface area contributed by atoms with Gasteiger partial charge in [0.2, 0.25) is 0 Å². The molecule has 2 aromatic carbocycles. The van der Waals surface area contributed by atoms with Gasteiger partial charge in [0.25, 0.3) is 5.91 Å². The van der Waals surface area contributed by atoms with Crippen molar-refractivity contribution in [2.24, 2.45) is 0 Å². The monoisotopic (exact) mass is 445 g/mol. The Morgan fingerprint density at radius 3 is 2.55 bits per heavy atom. The lowest BCUT2D eigenvalue weighted by molar-refractivity contribution is 0.0376. The van der Waals surface area contributed by atoms with Crippen LogP contribution < -0.4 is 4.90 Å². The second-order valence-corrected chi connectivity index (χ2v) is 8.88. The molecule has 0 atom stereocenters. The predicted octanol–water partition coefficient (Wildman–Crippen LogP) is 4.56. The maximum atomic E-state index is 14.2. The van der Waals surface area contributed by atoms with Crippen molar-refractivity contribution < 1.29 is 18.3 Å². The summed E-state index contributed by atoms with van der Waals surface area (Å²) < 4.78 is 33.7. The molecule has 1 aromatic heterocycles. The van der Waals surface area contributed by atoms with Crippen molar-refractivity contribution in [2.75, 3.05) is 44.3 Å². The number of nitrogens with zero attached hydrogens (tertiary/aromatic N) is 3. The molecule has 0 aliphatic carbocycles. The number of thiazole rings is 1. The summed E-state index contributed by atoms with van der Waals surface area (Å²) in [6, 6.07) is 7.78. The Bertz CT molecular complexity index is 1080. The van der Waals surface area contributed by atoms with Gasteiger partial charge in [-0.15, -0.1) is 0 Å². The van der Waals surface area contributed by atoms with Crippen LogP contribution in [-0.4, -0.2) is 55.2 Å². The minimum Gasteiger partial charge on any atom is -0.379 e. The molecule has 4 rings (SSSR count). The maximum Gasteiger partial charge on any atom is 0.260 e. The standard InChI is InChI=1S/C23H25F2N3O2S/c1-15-10-16(2)12-17(11-15)22(29)28(5-3-4-27-6-8-30-9-7-27)23-26-21-19(25)13-18(24)14-20(21)31-23/h10-14H,3-9H2,1-2H3. The number of carbonyl (C=O) groups excluding carboxylic acids is 1. The normalized spacial score (nSPS) is 14.8. The summed E-state index contributed by atoms with van der Waals surface area (Å²) in [5, 5.41) is 0.380. The first-order chi connectivity index (χ1) is 14.9. The van der Waals surface area contributed by atoms with Crippen LogP contribution in [-0.2, 0) is 4.74 Å². The van der Waals surface area contributed by atoms with Crippen LogP contribution in [0.3, 0.4) is 0 Å². The fourth-order valence-corrected chi connectivity index (χ4v) is 4.91. The van der Waals surface area contributed by atoms with Gasteiger partial charge in [-0.05, 0) is 38.5 Å². The molecule has 1 amide bonds. The molecule has 0 unspecified atom stereocenters. The average molecular weight is 446 g/mol. The molecule has 1 fully saturated rings. The van der Waals surface area contributed by atoms with E-state index in [4.69, 9.17) is 4.74 Å². The quantitative estimate of drug-likeness (QED) is 0.558. The highest BCUT2D eigenvalue weighted by Gasteiger charge is 2.23. The number of benzene rings is 2. The third kappa shape index (κ3) is 5.08. The van der Waals surface area contributed by atoms with Crippen molar-refractivity contribution >= 4 is 32.6 Å². The Morgan fingerprint density at radius 2 is 1.84 bits per heavy atom. The Labute approximate surface area is 184 Å². The number of aromatic nitrogens is 1. The molecule has 0 bridgehead atoms. The number of anilines is 1. The molecule has 1 saturated heterocycles. The Morgan fingerprint density at radius 1 is 1.13 bits per heavy atom. The van der Waals surface area contributed by atoms with Crippen molar-refractivity contribution in [1.29, 1.82) is 0 Å². The first kappa shape index (κ1) is 21.8. The molecule has 0 N–H and O–H groups in total. The molecule has 0 spiro atoms. The van der Waals surface area contributed by atoms with Crippen LogP contribution in [0.15, 0.2) is 30.3 Å². The van der Waals surface area contributed by atoms with E-state index in [1.54, 1.807) is 4.90 Å². The number of rotatable bonds is 6. The van der Waals surface area contributed by atoms with Crippen LogP contribution in [0.1, 0.15) is 27.9 Å². The van der Waals surface area contributed by atoms with Crippen molar-refractivity contribution in [3.05, 3.63) is 58.7 Å². The van der Waals surface area contributed by atoms with Crippen molar-refractivity contribution in [3.63, 3.8) is 0 Å². The average Bonchev–Trinajstić information content (AvgIpc) is 3.15. The second-order valence-electron chi connectivity index (χ2n) is 7.87. The number of hydrogen-bond acceptors (Lipinski definition) is 5. The van der Waals surface area contributed by atoms with E-state index in [0.717, 1.165) is 54.6 Å². The highest BCUT2D eigenvalue weighted by molar-refractivity contribution is 7.22. The molecule has 1 aliphatic rings. The Balaban J connectivity index is 1.63. The van der Waals surface area contributed by atoms with Crippen LogP contribution >= 0.6 is 11.3 Å². The molecule has 31 heavy (non-hydrogen) atoms. The summed E-state index contributed by atoms with van der Waals surface area (Å²) in [6.07, 6.45) is 0.739. The Kier molecular flexibility index (Phi) is 6.60. The molecule has 5 nitrogen and oxygen atoms in total. The van der Waals surface area contributed by atoms with Gasteiger partial charge in [-0.1, -0.05) is 28.5 Å². The predicted molar refractivity (Wildman–Crippen MR) is 119 cm³/mol. The fraction of sp³-hybridized carbons (Fsp3) is 0.391. The van der Waals surface area contributed by atoms with Crippen molar-refractivity contribution in [3.8, 4) is 0 Å². The molecular formula is C23H25F2N3O2S. The van der Waals surface area contributed by atoms with Crippen LogP contribution in [0.4, 0.5) is 13.9 Å². The van der Waals surface area contributed by atoms with E-state index >= 15 is 0 Å². The van der Waals surface area contributed by atoms with Crippen LogP contribution in [0.5, 0.6) is 0 Å². The zero-order chi connectivity index (χ0) is 22.0.